The molecule has 1 unspecified atom stereocenters. The van der Waals surface area contributed by atoms with Crippen molar-refractivity contribution in [2.24, 2.45) is 5.92 Å². The molecule has 126 valence electrons. The third-order valence-electron chi connectivity index (χ3n) is 4.34. The lowest BCUT2D eigenvalue weighted by molar-refractivity contribution is -0.117. The van der Waals surface area contributed by atoms with Gasteiger partial charge in [0.25, 0.3) is 5.56 Å². The maximum atomic E-state index is 12.3. The van der Waals surface area contributed by atoms with E-state index < -0.39 is 0 Å². The molecule has 1 fully saturated rings. The van der Waals surface area contributed by atoms with Gasteiger partial charge in [0.1, 0.15) is 0 Å². The summed E-state index contributed by atoms with van der Waals surface area (Å²) in [6.07, 6.45) is 4.18. The predicted octanol–water partition coefficient (Wildman–Crippen LogP) is 2.32. The number of nitrogens with zero attached hydrogens (tertiary/aromatic N) is 2. The molecule has 6 nitrogen and oxygen atoms in total. The molecule has 0 spiro atoms. The number of benzene rings is 1. The number of hydrogen-bond donors (Lipinski definition) is 2. The molecule has 1 atom stereocenters. The molecule has 2 heterocycles. The molecule has 1 amide bonds. The number of aryl methyl sites for hydroxylation is 1. The lowest BCUT2D eigenvalue weighted by Crippen LogP contribution is -2.37. The standard InChI is InChI=1S/C18H22N4O2/c1-13-4-6-15(7-5-13)20-17(23)9-14-3-2-8-22(12-14)16-10-18(24)21-19-11-16/h4-7,10-11,14H,2-3,8-9,12H2,1H3,(H,20,23)(H,21,24). The number of carbonyl (C=O) groups excluding carboxylic acids is 1. The number of anilines is 2. The average Bonchev–Trinajstić information content (AvgIpc) is 2.57. The van der Waals surface area contributed by atoms with Crippen molar-refractivity contribution in [3.05, 3.63) is 52.4 Å². The van der Waals surface area contributed by atoms with Crippen LogP contribution in [-0.2, 0) is 4.79 Å². The van der Waals surface area contributed by atoms with E-state index >= 15 is 0 Å². The van der Waals surface area contributed by atoms with Crippen LogP contribution in [0, 0.1) is 12.8 Å². The molecule has 2 N–H and O–H groups in total. The van der Waals surface area contributed by atoms with Crippen LogP contribution in [0.3, 0.4) is 0 Å². The predicted molar refractivity (Wildman–Crippen MR) is 94.2 cm³/mol. The van der Waals surface area contributed by atoms with Crippen molar-refractivity contribution >= 4 is 17.3 Å². The van der Waals surface area contributed by atoms with Gasteiger partial charge in [-0.1, -0.05) is 17.7 Å². The van der Waals surface area contributed by atoms with Gasteiger partial charge in [-0.25, -0.2) is 5.10 Å². The Balaban J connectivity index is 1.57. The lowest BCUT2D eigenvalue weighted by Gasteiger charge is -2.33. The van der Waals surface area contributed by atoms with Crippen LogP contribution in [0.2, 0.25) is 0 Å². The zero-order chi connectivity index (χ0) is 16.9. The first-order valence-corrected chi connectivity index (χ1v) is 8.26. The first-order valence-electron chi connectivity index (χ1n) is 8.26. The van der Waals surface area contributed by atoms with Crippen LogP contribution in [-0.4, -0.2) is 29.2 Å². The Bertz CT molecular complexity index is 754. The molecule has 1 aliphatic rings. The fourth-order valence-corrected chi connectivity index (χ4v) is 3.12. The smallest absolute Gasteiger partial charge is 0.266 e. The number of piperidine rings is 1. The number of rotatable bonds is 4. The number of aromatic amines is 1. The maximum Gasteiger partial charge on any atom is 0.266 e. The zero-order valence-electron chi connectivity index (χ0n) is 13.8. The minimum atomic E-state index is -0.202. The van der Waals surface area contributed by atoms with E-state index in [0.717, 1.165) is 37.3 Å². The van der Waals surface area contributed by atoms with Crippen molar-refractivity contribution in [3.8, 4) is 0 Å². The molecule has 0 aliphatic carbocycles. The van der Waals surface area contributed by atoms with Gasteiger partial charge < -0.3 is 10.2 Å². The van der Waals surface area contributed by atoms with Gasteiger partial charge in [0, 0.05) is 31.3 Å². The summed E-state index contributed by atoms with van der Waals surface area (Å²) in [5.41, 5.74) is 2.62. The summed E-state index contributed by atoms with van der Waals surface area (Å²) in [6.45, 7) is 3.68. The maximum absolute atomic E-state index is 12.3. The summed E-state index contributed by atoms with van der Waals surface area (Å²) in [5, 5.41) is 9.19. The fraction of sp³-hybridized carbons (Fsp3) is 0.389. The normalized spacial score (nSPS) is 17.5. The second-order valence-corrected chi connectivity index (χ2v) is 6.38. The Hall–Kier alpha value is -2.63. The van der Waals surface area contributed by atoms with Gasteiger partial charge in [-0.05, 0) is 37.8 Å². The van der Waals surface area contributed by atoms with E-state index in [4.69, 9.17) is 0 Å². The van der Waals surface area contributed by atoms with E-state index in [1.165, 1.54) is 5.56 Å². The molecule has 2 aromatic rings. The second kappa shape index (κ2) is 7.29. The van der Waals surface area contributed by atoms with Crippen molar-refractivity contribution in [2.45, 2.75) is 26.2 Å². The van der Waals surface area contributed by atoms with Gasteiger partial charge in [0.05, 0.1) is 11.9 Å². The minimum Gasteiger partial charge on any atom is -0.370 e. The van der Waals surface area contributed by atoms with E-state index in [9.17, 15) is 9.59 Å². The van der Waals surface area contributed by atoms with Crippen LogP contribution >= 0.6 is 0 Å². The highest BCUT2D eigenvalue weighted by Crippen LogP contribution is 2.24. The van der Waals surface area contributed by atoms with Crippen molar-refractivity contribution < 1.29 is 4.79 Å². The van der Waals surface area contributed by atoms with Crippen molar-refractivity contribution in [1.29, 1.82) is 0 Å². The van der Waals surface area contributed by atoms with E-state index in [0.29, 0.717) is 6.42 Å². The first-order chi connectivity index (χ1) is 11.6. The number of aromatic nitrogens is 2. The molecule has 1 aromatic heterocycles. The summed E-state index contributed by atoms with van der Waals surface area (Å²) in [4.78, 5) is 25.8. The SMILES string of the molecule is Cc1ccc(NC(=O)CC2CCCN(c3cn[nH]c(=O)c3)C2)cc1. The topological polar surface area (TPSA) is 78.1 Å². The molecule has 0 radical (unpaired) electrons. The fourth-order valence-electron chi connectivity index (χ4n) is 3.12. The van der Waals surface area contributed by atoms with Gasteiger partial charge in [0.2, 0.25) is 5.91 Å². The van der Waals surface area contributed by atoms with Gasteiger partial charge in [-0.2, -0.15) is 5.10 Å². The zero-order valence-corrected chi connectivity index (χ0v) is 13.8. The molecule has 6 heteroatoms. The van der Waals surface area contributed by atoms with Gasteiger partial charge in [-0.15, -0.1) is 0 Å². The highest BCUT2D eigenvalue weighted by Gasteiger charge is 2.23. The first kappa shape index (κ1) is 16.2. The number of nitrogens with one attached hydrogen (secondary N) is 2. The quantitative estimate of drug-likeness (QED) is 0.904. The van der Waals surface area contributed by atoms with E-state index in [1.807, 2.05) is 31.2 Å². The molecule has 24 heavy (non-hydrogen) atoms. The molecular weight excluding hydrogens is 304 g/mol. The average molecular weight is 326 g/mol. The van der Waals surface area contributed by atoms with Crippen molar-refractivity contribution in [1.82, 2.24) is 10.2 Å². The Labute approximate surface area is 140 Å². The number of H-pyrrole nitrogens is 1. The van der Waals surface area contributed by atoms with Crippen LogP contribution in [0.5, 0.6) is 0 Å². The van der Waals surface area contributed by atoms with E-state index in [-0.39, 0.29) is 17.4 Å². The summed E-state index contributed by atoms with van der Waals surface area (Å²) in [6, 6.07) is 9.36. The number of hydrogen-bond acceptors (Lipinski definition) is 4. The van der Waals surface area contributed by atoms with E-state index in [2.05, 4.69) is 20.4 Å². The van der Waals surface area contributed by atoms with Crippen LogP contribution in [0.15, 0.2) is 41.3 Å². The number of carbonyl (C=O) groups is 1. The largest absolute Gasteiger partial charge is 0.370 e. The molecule has 1 aliphatic heterocycles. The Morgan fingerprint density at radius 2 is 2.17 bits per heavy atom. The third kappa shape index (κ3) is 4.22. The highest BCUT2D eigenvalue weighted by atomic mass is 16.1. The van der Waals surface area contributed by atoms with Crippen LogP contribution in [0.1, 0.15) is 24.8 Å². The minimum absolute atomic E-state index is 0.0368. The highest BCUT2D eigenvalue weighted by molar-refractivity contribution is 5.90. The molecular formula is C18H22N4O2. The van der Waals surface area contributed by atoms with Gasteiger partial charge in [-0.3, -0.25) is 9.59 Å². The molecule has 0 saturated carbocycles. The monoisotopic (exact) mass is 326 g/mol. The van der Waals surface area contributed by atoms with Crippen LogP contribution in [0.25, 0.3) is 0 Å². The van der Waals surface area contributed by atoms with Crippen LogP contribution < -0.4 is 15.8 Å². The Morgan fingerprint density at radius 3 is 2.92 bits per heavy atom. The molecule has 1 aromatic carbocycles. The summed E-state index contributed by atoms with van der Waals surface area (Å²) >= 11 is 0. The Kier molecular flexibility index (Phi) is 4.93. The molecule has 3 rings (SSSR count). The lowest BCUT2D eigenvalue weighted by atomic mass is 9.94. The second-order valence-electron chi connectivity index (χ2n) is 6.38. The Morgan fingerprint density at radius 1 is 1.38 bits per heavy atom. The summed E-state index contributed by atoms with van der Waals surface area (Å²) in [7, 11) is 0. The van der Waals surface area contributed by atoms with Crippen LogP contribution in [0.4, 0.5) is 11.4 Å². The summed E-state index contributed by atoms with van der Waals surface area (Å²) in [5.74, 6) is 0.318. The number of amides is 1. The van der Waals surface area contributed by atoms with E-state index in [1.54, 1.807) is 12.3 Å². The van der Waals surface area contributed by atoms with Gasteiger partial charge in [0.15, 0.2) is 0 Å². The van der Waals surface area contributed by atoms with Crippen molar-refractivity contribution in [3.63, 3.8) is 0 Å². The molecule has 1 saturated heterocycles. The molecule has 0 bridgehead atoms. The summed E-state index contributed by atoms with van der Waals surface area (Å²) < 4.78 is 0. The third-order valence-corrected chi connectivity index (χ3v) is 4.34. The van der Waals surface area contributed by atoms with Gasteiger partial charge >= 0.3 is 0 Å². The van der Waals surface area contributed by atoms with Crippen molar-refractivity contribution in [2.75, 3.05) is 23.3 Å².